The second-order valence-corrected chi connectivity index (χ2v) is 8.51. The molecule has 0 unspecified atom stereocenters. The normalized spacial score (nSPS) is 16.0. The molecule has 1 amide bonds. The van der Waals surface area contributed by atoms with Gasteiger partial charge in [-0.2, -0.15) is 0 Å². The summed E-state index contributed by atoms with van der Waals surface area (Å²) in [5.74, 6) is 0.735. The van der Waals surface area contributed by atoms with Crippen molar-refractivity contribution < 1.29 is 9.53 Å². The third-order valence-corrected chi connectivity index (χ3v) is 5.68. The van der Waals surface area contributed by atoms with Gasteiger partial charge < -0.3 is 4.74 Å². The number of benzene rings is 2. The molecule has 1 heterocycles. The van der Waals surface area contributed by atoms with Gasteiger partial charge in [0.2, 0.25) is 0 Å². The van der Waals surface area contributed by atoms with E-state index in [4.69, 9.17) is 17.0 Å². The molecule has 6 heteroatoms. The van der Waals surface area contributed by atoms with Crippen LogP contribution in [0.2, 0.25) is 0 Å². The minimum Gasteiger partial charge on any atom is -0.491 e. The number of carbonyl (C=O) groups is 1. The number of nitrogens with zero attached hydrogens (tertiary/aromatic N) is 1. The van der Waals surface area contributed by atoms with Crippen LogP contribution < -0.4 is 9.64 Å². The Balaban J connectivity index is 1.82. The van der Waals surface area contributed by atoms with Crippen LogP contribution in [-0.2, 0) is 4.79 Å². The van der Waals surface area contributed by atoms with E-state index in [9.17, 15) is 4.79 Å². The Kier molecular flexibility index (Phi) is 6.06. The molecular weight excluding hydrogens is 382 g/mol. The summed E-state index contributed by atoms with van der Waals surface area (Å²) >= 11 is 8.41. The van der Waals surface area contributed by atoms with Crippen molar-refractivity contribution in [3.05, 3.63) is 59.0 Å². The average Bonchev–Trinajstić information content (AvgIpc) is 2.90. The van der Waals surface area contributed by atoms with E-state index in [1.165, 1.54) is 11.8 Å². The molecular formula is C20H19NO2S3. The van der Waals surface area contributed by atoms with Gasteiger partial charge in [0.15, 0.2) is 4.32 Å². The van der Waals surface area contributed by atoms with Crippen molar-refractivity contribution in [1.82, 2.24) is 0 Å². The van der Waals surface area contributed by atoms with Gasteiger partial charge in [-0.1, -0.05) is 42.2 Å². The predicted molar refractivity (Wildman–Crippen MR) is 116 cm³/mol. The lowest BCUT2D eigenvalue weighted by Crippen LogP contribution is -2.27. The summed E-state index contributed by atoms with van der Waals surface area (Å²) in [7, 11) is 0. The van der Waals surface area contributed by atoms with Gasteiger partial charge in [-0.05, 0) is 62.1 Å². The lowest BCUT2D eigenvalue weighted by molar-refractivity contribution is -0.113. The fourth-order valence-electron chi connectivity index (χ4n) is 2.51. The van der Waals surface area contributed by atoms with Crippen LogP contribution in [-0.4, -0.2) is 22.6 Å². The lowest BCUT2D eigenvalue weighted by atomic mass is 10.2. The molecule has 3 nitrogen and oxygen atoms in total. The molecule has 0 spiro atoms. The topological polar surface area (TPSA) is 29.5 Å². The third kappa shape index (κ3) is 4.31. The molecule has 0 saturated carbocycles. The SMILES string of the molecule is CSc1cccc(N2C(=O)/C(=C/c3ccc(OC(C)C)cc3)SC2=S)c1. The molecule has 0 N–H and O–H groups in total. The van der Waals surface area contributed by atoms with Gasteiger partial charge in [0.25, 0.3) is 5.91 Å². The highest BCUT2D eigenvalue weighted by atomic mass is 32.2. The number of anilines is 1. The molecule has 0 aliphatic carbocycles. The molecule has 0 radical (unpaired) electrons. The molecule has 0 atom stereocenters. The molecule has 0 bridgehead atoms. The first-order valence-electron chi connectivity index (χ1n) is 8.16. The molecule has 26 heavy (non-hydrogen) atoms. The van der Waals surface area contributed by atoms with Crippen LogP contribution in [0, 0.1) is 0 Å². The first-order chi connectivity index (χ1) is 12.5. The van der Waals surface area contributed by atoms with Gasteiger partial charge in [0, 0.05) is 4.90 Å². The van der Waals surface area contributed by atoms with Gasteiger partial charge in [-0.25, -0.2) is 0 Å². The third-order valence-electron chi connectivity index (χ3n) is 3.65. The summed E-state index contributed by atoms with van der Waals surface area (Å²) in [6.07, 6.45) is 4.02. The van der Waals surface area contributed by atoms with Crippen LogP contribution in [0.3, 0.4) is 0 Å². The van der Waals surface area contributed by atoms with Gasteiger partial charge in [-0.15, -0.1) is 11.8 Å². The molecule has 2 aromatic carbocycles. The van der Waals surface area contributed by atoms with Gasteiger partial charge >= 0.3 is 0 Å². The fourth-order valence-corrected chi connectivity index (χ4v) is 4.26. The maximum absolute atomic E-state index is 12.9. The van der Waals surface area contributed by atoms with E-state index in [1.807, 2.05) is 74.7 Å². The summed E-state index contributed by atoms with van der Waals surface area (Å²) in [4.78, 5) is 16.2. The Morgan fingerprint density at radius 3 is 2.58 bits per heavy atom. The largest absolute Gasteiger partial charge is 0.491 e. The van der Waals surface area contributed by atoms with Crippen molar-refractivity contribution >= 4 is 57.7 Å². The lowest BCUT2D eigenvalue weighted by Gasteiger charge is -2.15. The summed E-state index contributed by atoms with van der Waals surface area (Å²) in [5, 5.41) is 0. The van der Waals surface area contributed by atoms with E-state index in [0.717, 1.165) is 21.9 Å². The van der Waals surface area contributed by atoms with Crippen LogP contribution in [0.25, 0.3) is 6.08 Å². The Labute approximate surface area is 167 Å². The number of carbonyl (C=O) groups excluding carboxylic acids is 1. The van der Waals surface area contributed by atoms with Crippen LogP contribution in [0.1, 0.15) is 19.4 Å². The van der Waals surface area contributed by atoms with Crippen molar-refractivity contribution in [2.75, 3.05) is 11.2 Å². The second-order valence-electron chi connectivity index (χ2n) is 5.95. The summed E-state index contributed by atoms with van der Waals surface area (Å²) < 4.78 is 6.21. The number of amides is 1. The zero-order valence-corrected chi connectivity index (χ0v) is 17.2. The maximum Gasteiger partial charge on any atom is 0.270 e. The first-order valence-corrected chi connectivity index (χ1v) is 10.6. The van der Waals surface area contributed by atoms with Crippen LogP contribution in [0.15, 0.2) is 58.3 Å². The quantitative estimate of drug-likeness (QED) is 0.369. The van der Waals surface area contributed by atoms with Crippen molar-refractivity contribution in [3.63, 3.8) is 0 Å². The monoisotopic (exact) mass is 401 g/mol. The summed E-state index contributed by atoms with van der Waals surface area (Å²) in [5.41, 5.74) is 1.75. The van der Waals surface area contributed by atoms with E-state index in [2.05, 4.69) is 0 Å². The van der Waals surface area contributed by atoms with Crippen LogP contribution in [0.4, 0.5) is 5.69 Å². The maximum atomic E-state index is 12.9. The number of rotatable bonds is 5. The summed E-state index contributed by atoms with van der Waals surface area (Å²) in [6.45, 7) is 3.98. The Bertz CT molecular complexity index is 860. The van der Waals surface area contributed by atoms with Crippen molar-refractivity contribution in [3.8, 4) is 5.75 Å². The highest BCUT2D eigenvalue weighted by Gasteiger charge is 2.33. The molecule has 1 saturated heterocycles. The van der Waals surface area contributed by atoms with Gasteiger partial charge in [0.05, 0.1) is 16.7 Å². The summed E-state index contributed by atoms with van der Waals surface area (Å²) in [6, 6.07) is 15.6. The van der Waals surface area contributed by atoms with E-state index in [1.54, 1.807) is 16.7 Å². The molecule has 1 fully saturated rings. The first kappa shape index (κ1) is 19.0. The molecule has 1 aliphatic heterocycles. The number of hydrogen-bond acceptors (Lipinski definition) is 5. The molecule has 0 aromatic heterocycles. The Morgan fingerprint density at radius 1 is 1.19 bits per heavy atom. The van der Waals surface area contributed by atoms with E-state index >= 15 is 0 Å². The highest BCUT2D eigenvalue weighted by Crippen LogP contribution is 2.37. The van der Waals surface area contributed by atoms with Crippen LogP contribution >= 0.6 is 35.7 Å². The predicted octanol–water partition coefficient (Wildman–Crippen LogP) is 5.60. The second kappa shape index (κ2) is 8.29. The molecule has 3 rings (SSSR count). The van der Waals surface area contributed by atoms with E-state index in [-0.39, 0.29) is 12.0 Å². The number of ether oxygens (including phenoxy) is 1. The zero-order valence-electron chi connectivity index (χ0n) is 14.8. The van der Waals surface area contributed by atoms with Crippen molar-refractivity contribution in [2.24, 2.45) is 0 Å². The Hall–Kier alpha value is -1.76. The van der Waals surface area contributed by atoms with Crippen molar-refractivity contribution in [1.29, 1.82) is 0 Å². The zero-order chi connectivity index (χ0) is 18.7. The average molecular weight is 402 g/mol. The fraction of sp³-hybridized carbons (Fsp3) is 0.200. The molecule has 134 valence electrons. The minimum atomic E-state index is -0.0826. The molecule has 2 aromatic rings. The number of thioether (sulfide) groups is 2. The van der Waals surface area contributed by atoms with Crippen LogP contribution in [0.5, 0.6) is 5.75 Å². The number of thiocarbonyl (C=S) groups is 1. The van der Waals surface area contributed by atoms with Crippen molar-refractivity contribution in [2.45, 2.75) is 24.8 Å². The Morgan fingerprint density at radius 2 is 1.92 bits per heavy atom. The standard InChI is InChI=1S/C20H19NO2S3/c1-13(2)23-16-9-7-14(8-10-16)11-18-19(22)21(20(24)26-18)15-5-4-6-17(12-15)25-3/h4-13H,1-3H3/b18-11-. The minimum absolute atomic E-state index is 0.0826. The van der Waals surface area contributed by atoms with E-state index < -0.39 is 0 Å². The van der Waals surface area contributed by atoms with E-state index in [0.29, 0.717) is 9.23 Å². The highest BCUT2D eigenvalue weighted by molar-refractivity contribution is 8.27. The smallest absolute Gasteiger partial charge is 0.270 e. The van der Waals surface area contributed by atoms with Gasteiger partial charge in [-0.3, -0.25) is 9.69 Å². The number of hydrogen-bond donors (Lipinski definition) is 0. The van der Waals surface area contributed by atoms with Gasteiger partial charge in [0.1, 0.15) is 5.75 Å². The molecule has 1 aliphatic rings.